The number of hydrogen-bond acceptors (Lipinski definition) is 8. The average Bonchev–Trinajstić information content (AvgIpc) is 2.65. The molecule has 20 heavy (non-hydrogen) atoms. The van der Waals surface area contributed by atoms with Gasteiger partial charge in [-0.3, -0.25) is 4.57 Å². The summed E-state index contributed by atoms with van der Waals surface area (Å²) in [7, 11) is 0. The summed E-state index contributed by atoms with van der Waals surface area (Å²) in [5, 5.41) is 29.4. The first-order valence-electron chi connectivity index (χ1n) is 6.08. The third-order valence-electron chi connectivity index (χ3n) is 3.12. The van der Waals surface area contributed by atoms with E-state index in [1.807, 2.05) is 0 Å². The minimum atomic E-state index is -1.78. The van der Waals surface area contributed by atoms with Crippen LogP contribution in [0.15, 0.2) is 17.1 Å². The van der Waals surface area contributed by atoms with Gasteiger partial charge >= 0.3 is 5.69 Å². The quantitative estimate of drug-likeness (QED) is 0.489. The molecule has 0 amide bonds. The van der Waals surface area contributed by atoms with Crippen molar-refractivity contribution in [3.8, 4) is 0 Å². The highest BCUT2D eigenvalue weighted by Gasteiger charge is 2.56. The molecule has 9 heteroatoms. The number of aliphatic hydroxyl groups excluding tert-OH is 3. The molecule has 1 aliphatic heterocycles. The van der Waals surface area contributed by atoms with Crippen molar-refractivity contribution in [2.24, 2.45) is 0 Å². The van der Waals surface area contributed by atoms with Crippen molar-refractivity contribution in [3.05, 3.63) is 22.7 Å². The van der Waals surface area contributed by atoms with Crippen molar-refractivity contribution >= 4 is 5.82 Å². The first-order chi connectivity index (χ1) is 9.45. The van der Waals surface area contributed by atoms with Crippen LogP contribution in [-0.4, -0.2) is 56.1 Å². The lowest BCUT2D eigenvalue weighted by Gasteiger charge is -2.29. The summed E-state index contributed by atoms with van der Waals surface area (Å²) in [6, 6.07) is 1.35. The Kier molecular flexibility index (Phi) is 4.06. The van der Waals surface area contributed by atoms with E-state index in [0.29, 0.717) is 0 Å². The zero-order valence-electron chi connectivity index (χ0n) is 10.8. The Balaban J connectivity index is 2.37. The van der Waals surface area contributed by atoms with Crippen LogP contribution in [0.5, 0.6) is 0 Å². The van der Waals surface area contributed by atoms with Gasteiger partial charge in [-0.1, -0.05) is 0 Å². The number of aliphatic hydroxyl groups is 3. The van der Waals surface area contributed by atoms with Gasteiger partial charge in [-0.2, -0.15) is 4.98 Å². The molecule has 5 N–H and O–H groups in total. The number of ether oxygens (including phenoxy) is 2. The molecule has 4 atom stereocenters. The van der Waals surface area contributed by atoms with Crippen LogP contribution in [0, 0.1) is 0 Å². The Morgan fingerprint density at radius 3 is 2.85 bits per heavy atom. The van der Waals surface area contributed by atoms with Crippen LogP contribution in [0.2, 0.25) is 0 Å². The topological polar surface area (TPSA) is 140 Å². The van der Waals surface area contributed by atoms with Crippen molar-refractivity contribution in [1.29, 1.82) is 0 Å². The molecule has 1 fully saturated rings. The fourth-order valence-corrected chi connectivity index (χ4v) is 2.14. The fourth-order valence-electron chi connectivity index (χ4n) is 2.14. The summed E-state index contributed by atoms with van der Waals surface area (Å²) in [4.78, 5) is 15.2. The summed E-state index contributed by atoms with van der Waals surface area (Å²) in [5.41, 5.74) is 4.63. The van der Waals surface area contributed by atoms with Gasteiger partial charge in [-0.25, -0.2) is 4.79 Å². The summed E-state index contributed by atoms with van der Waals surface area (Å²) in [6.45, 7) is 1.11. The normalized spacial score (nSPS) is 33.5. The highest BCUT2D eigenvalue weighted by atomic mass is 16.7. The van der Waals surface area contributed by atoms with E-state index in [4.69, 9.17) is 15.2 Å². The van der Waals surface area contributed by atoms with Crippen LogP contribution in [-0.2, 0) is 9.47 Å². The molecule has 0 spiro atoms. The number of rotatable bonds is 4. The van der Waals surface area contributed by atoms with Crippen LogP contribution in [0.25, 0.3) is 0 Å². The molecule has 0 saturated carbocycles. The Morgan fingerprint density at radius 2 is 2.30 bits per heavy atom. The number of anilines is 1. The Hall–Kier alpha value is -1.52. The standard InChI is InChI=1S/C11H17N3O6/c1-2-19-11(5-15)8(17)7(16)9(20-11)14-4-3-6(12)13-10(14)18/h3-4,7-9,15-17H,2,5H2,1H3,(H2,12,13,18)/t7?,8?,9-,11-/m1/s1. The number of nitrogens with two attached hydrogens (primary N) is 1. The van der Waals surface area contributed by atoms with Crippen molar-refractivity contribution in [2.75, 3.05) is 18.9 Å². The molecule has 0 aliphatic carbocycles. The first-order valence-corrected chi connectivity index (χ1v) is 6.08. The van der Waals surface area contributed by atoms with E-state index in [1.165, 1.54) is 12.3 Å². The molecule has 1 aliphatic rings. The Bertz CT molecular complexity index is 535. The van der Waals surface area contributed by atoms with Crippen molar-refractivity contribution in [1.82, 2.24) is 9.55 Å². The SMILES string of the molecule is CCO[C@]1(CO)O[C@@H](n2ccc(N)nc2=O)C(O)C1O. The predicted octanol–water partition coefficient (Wildman–Crippen LogP) is -2.20. The molecule has 9 nitrogen and oxygen atoms in total. The Morgan fingerprint density at radius 1 is 1.60 bits per heavy atom. The van der Waals surface area contributed by atoms with Gasteiger partial charge in [0.25, 0.3) is 0 Å². The lowest BCUT2D eigenvalue weighted by atomic mass is 10.1. The van der Waals surface area contributed by atoms with Gasteiger partial charge in [0.1, 0.15) is 24.6 Å². The molecule has 1 aromatic heterocycles. The minimum Gasteiger partial charge on any atom is -0.391 e. The monoisotopic (exact) mass is 287 g/mol. The maximum absolute atomic E-state index is 11.7. The van der Waals surface area contributed by atoms with Gasteiger partial charge in [0, 0.05) is 12.8 Å². The minimum absolute atomic E-state index is 0.0255. The van der Waals surface area contributed by atoms with E-state index in [2.05, 4.69) is 4.98 Å². The predicted molar refractivity (Wildman–Crippen MR) is 66.5 cm³/mol. The maximum Gasteiger partial charge on any atom is 0.351 e. The molecule has 0 aromatic carbocycles. The highest BCUT2D eigenvalue weighted by molar-refractivity contribution is 5.23. The lowest BCUT2D eigenvalue weighted by molar-refractivity contribution is -0.280. The second-order valence-electron chi connectivity index (χ2n) is 4.39. The van der Waals surface area contributed by atoms with Gasteiger partial charge < -0.3 is 30.5 Å². The first kappa shape index (κ1) is 14.9. The third kappa shape index (κ3) is 2.30. The zero-order valence-corrected chi connectivity index (χ0v) is 10.8. The fraction of sp³-hybridized carbons (Fsp3) is 0.636. The summed E-state index contributed by atoms with van der Waals surface area (Å²) >= 11 is 0. The highest BCUT2D eigenvalue weighted by Crippen LogP contribution is 2.37. The average molecular weight is 287 g/mol. The smallest absolute Gasteiger partial charge is 0.351 e. The van der Waals surface area contributed by atoms with Crippen molar-refractivity contribution < 1.29 is 24.8 Å². The van der Waals surface area contributed by atoms with E-state index in [0.717, 1.165) is 4.57 Å². The maximum atomic E-state index is 11.7. The largest absolute Gasteiger partial charge is 0.391 e. The summed E-state index contributed by atoms with van der Waals surface area (Å²) in [6.07, 6.45) is -2.92. The van der Waals surface area contributed by atoms with Gasteiger partial charge in [-0.05, 0) is 13.0 Å². The van der Waals surface area contributed by atoms with E-state index < -0.39 is 36.5 Å². The second kappa shape index (κ2) is 5.46. The lowest BCUT2D eigenvalue weighted by Crippen LogP contribution is -2.48. The molecule has 0 radical (unpaired) electrons. The summed E-state index contributed by atoms with van der Waals surface area (Å²) in [5.74, 6) is -1.75. The second-order valence-corrected chi connectivity index (χ2v) is 4.39. The molecular formula is C11H17N3O6. The molecule has 1 aromatic rings. The van der Waals surface area contributed by atoms with Crippen LogP contribution in [0.1, 0.15) is 13.2 Å². The molecular weight excluding hydrogens is 270 g/mol. The van der Waals surface area contributed by atoms with Gasteiger partial charge in [0.15, 0.2) is 6.23 Å². The summed E-state index contributed by atoms with van der Waals surface area (Å²) < 4.78 is 11.5. The van der Waals surface area contributed by atoms with E-state index in [9.17, 15) is 20.1 Å². The van der Waals surface area contributed by atoms with Crippen molar-refractivity contribution in [3.63, 3.8) is 0 Å². The van der Waals surface area contributed by atoms with Crippen molar-refractivity contribution in [2.45, 2.75) is 31.1 Å². The molecule has 2 unspecified atom stereocenters. The molecule has 2 rings (SSSR count). The Labute approximate surface area is 114 Å². The van der Waals surface area contributed by atoms with Crippen LogP contribution in [0.4, 0.5) is 5.82 Å². The van der Waals surface area contributed by atoms with E-state index in [-0.39, 0.29) is 12.4 Å². The molecule has 2 heterocycles. The van der Waals surface area contributed by atoms with Gasteiger partial charge in [-0.15, -0.1) is 0 Å². The van der Waals surface area contributed by atoms with Crippen LogP contribution in [0.3, 0.4) is 0 Å². The van der Waals surface area contributed by atoms with Crippen LogP contribution >= 0.6 is 0 Å². The zero-order chi connectivity index (χ0) is 14.9. The number of hydrogen-bond donors (Lipinski definition) is 4. The number of nitrogens with zero attached hydrogens (tertiary/aromatic N) is 2. The molecule has 1 saturated heterocycles. The van der Waals surface area contributed by atoms with E-state index >= 15 is 0 Å². The van der Waals surface area contributed by atoms with Gasteiger partial charge in [0.2, 0.25) is 5.79 Å². The number of aromatic nitrogens is 2. The molecule has 112 valence electrons. The van der Waals surface area contributed by atoms with Crippen LogP contribution < -0.4 is 11.4 Å². The van der Waals surface area contributed by atoms with Gasteiger partial charge in [0.05, 0.1) is 0 Å². The number of nitrogen functional groups attached to an aromatic ring is 1. The molecule has 0 bridgehead atoms. The third-order valence-corrected chi connectivity index (χ3v) is 3.12. The van der Waals surface area contributed by atoms with E-state index in [1.54, 1.807) is 6.92 Å².